The zero-order valence-corrected chi connectivity index (χ0v) is 14.9. The summed E-state index contributed by atoms with van der Waals surface area (Å²) in [6.07, 6.45) is 1.09. The molecule has 1 heterocycles. The summed E-state index contributed by atoms with van der Waals surface area (Å²) in [5.74, 6) is 0.237. The molecule has 0 spiro atoms. The van der Waals surface area contributed by atoms with E-state index in [1.54, 1.807) is 0 Å². The first-order chi connectivity index (χ1) is 11.7. The summed E-state index contributed by atoms with van der Waals surface area (Å²) in [6, 6.07) is 9.97. The highest BCUT2D eigenvalue weighted by molar-refractivity contribution is 5.78. The fourth-order valence-electron chi connectivity index (χ4n) is 3.15. The number of carbonyl (C=O) groups excluding carboxylic acids is 1. The van der Waals surface area contributed by atoms with Gasteiger partial charge in [0, 0.05) is 32.7 Å². The van der Waals surface area contributed by atoms with Crippen molar-refractivity contribution < 1.29 is 4.79 Å². The van der Waals surface area contributed by atoms with Crippen LogP contribution >= 0.6 is 0 Å². The van der Waals surface area contributed by atoms with Crippen molar-refractivity contribution in [1.82, 2.24) is 14.7 Å². The molecule has 1 fully saturated rings. The molecule has 24 heavy (non-hydrogen) atoms. The third-order valence-corrected chi connectivity index (χ3v) is 4.65. The van der Waals surface area contributed by atoms with Crippen LogP contribution in [-0.2, 0) is 11.3 Å². The maximum atomic E-state index is 12.3. The Morgan fingerprint density at radius 2 is 1.71 bits per heavy atom. The summed E-state index contributed by atoms with van der Waals surface area (Å²) in [6.45, 7) is 11.0. The molecule has 5 heteroatoms. The monoisotopic (exact) mass is 328 g/mol. The molecule has 5 nitrogen and oxygen atoms in total. The van der Waals surface area contributed by atoms with Gasteiger partial charge in [0.25, 0.3) is 0 Å². The molecule has 0 radical (unpaired) electrons. The molecule has 0 aromatic heterocycles. The van der Waals surface area contributed by atoms with E-state index in [0.717, 1.165) is 52.2 Å². The van der Waals surface area contributed by atoms with E-state index in [0.29, 0.717) is 12.1 Å². The van der Waals surface area contributed by atoms with Gasteiger partial charge in [-0.3, -0.25) is 14.6 Å². The highest BCUT2D eigenvalue weighted by Gasteiger charge is 2.19. The first kappa shape index (κ1) is 18.4. The maximum absolute atomic E-state index is 12.3. The van der Waals surface area contributed by atoms with E-state index < -0.39 is 0 Å². The summed E-state index contributed by atoms with van der Waals surface area (Å²) >= 11 is 0. The van der Waals surface area contributed by atoms with Crippen LogP contribution in [0.15, 0.2) is 24.3 Å². The minimum atomic E-state index is 0.237. The summed E-state index contributed by atoms with van der Waals surface area (Å²) < 4.78 is 0. The molecule has 1 aliphatic heterocycles. The fourth-order valence-corrected chi connectivity index (χ4v) is 3.15. The smallest absolute Gasteiger partial charge is 0.236 e. The van der Waals surface area contributed by atoms with Gasteiger partial charge in [0.15, 0.2) is 0 Å². The molecule has 130 valence electrons. The molecule has 0 unspecified atom stereocenters. The molecular formula is C19H28N4O. The lowest BCUT2D eigenvalue weighted by Crippen LogP contribution is -2.41. The van der Waals surface area contributed by atoms with E-state index in [4.69, 9.17) is 5.26 Å². The second-order valence-corrected chi connectivity index (χ2v) is 6.28. The molecule has 1 aliphatic rings. The largest absolute Gasteiger partial charge is 0.342 e. The van der Waals surface area contributed by atoms with Crippen LogP contribution in [0.4, 0.5) is 0 Å². The van der Waals surface area contributed by atoms with E-state index in [2.05, 4.69) is 15.9 Å². The van der Waals surface area contributed by atoms with Crippen LogP contribution in [0.1, 0.15) is 31.4 Å². The number of likely N-dealkylation sites (N-methyl/N-ethyl adjacent to an activating group) is 1. The number of hydrogen-bond donors (Lipinski definition) is 0. The third kappa shape index (κ3) is 5.33. The van der Waals surface area contributed by atoms with Crippen molar-refractivity contribution in [3.8, 4) is 6.07 Å². The van der Waals surface area contributed by atoms with Crippen molar-refractivity contribution in [3.63, 3.8) is 0 Å². The molecule has 0 aliphatic carbocycles. The molecule has 0 N–H and O–H groups in total. The van der Waals surface area contributed by atoms with Crippen LogP contribution in [-0.4, -0.2) is 66.4 Å². The highest BCUT2D eigenvalue weighted by Crippen LogP contribution is 2.10. The number of carbonyl (C=O) groups is 1. The first-order valence-corrected chi connectivity index (χ1v) is 8.87. The van der Waals surface area contributed by atoms with Crippen molar-refractivity contribution in [2.45, 2.75) is 26.8 Å². The number of nitriles is 1. The molecule has 1 aromatic rings. The zero-order valence-electron chi connectivity index (χ0n) is 14.9. The van der Waals surface area contributed by atoms with Crippen molar-refractivity contribution in [2.24, 2.45) is 0 Å². The number of hydrogen-bond acceptors (Lipinski definition) is 4. The third-order valence-electron chi connectivity index (χ3n) is 4.65. The second kappa shape index (κ2) is 9.41. The van der Waals surface area contributed by atoms with Gasteiger partial charge in [0.05, 0.1) is 18.2 Å². The lowest BCUT2D eigenvalue weighted by atomic mass is 10.1. The Morgan fingerprint density at radius 3 is 2.33 bits per heavy atom. The van der Waals surface area contributed by atoms with Gasteiger partial charge in [0.1, 0.15) is 0 Å². The summed E-state index contributed by atoms with van der Waals surface area (Å²) in [7, 11) is 0. The number of amides is 1. The van der Waals surface area contributed by atoms with E-state index in [-0.39, 0.29) is 5.91 Å². The van der Waals surface area contributed by atoms with Crippen LogP contribution in [0.5, 0.6) is 0 Å². The van der Waals surface area contributed by atoms with Crippen LogP contribution in [0, 0.1) is 11.3 Å². The normalized spacial score (nSPS) is 16.4. The average Bonchev–Trinajstić information content (AvgIpc) is 2.82. The summed E-state index contributed by atoms with van der Waals surface area (Å²) in [4.78, 5) is 18.9. The lowest BCUT2D eigenvalue weighted by molar-refractivity contribution is -0.132. The summed E-state index contributed by atoms with van der Waals surface area (Å²) in [5.41, 5.74) is 1.94. The molecule has 2 rings (SSSR count). The zero-order chi connectivity index (χ0) is 17.4. The Bertz CT molecular complexity index is 560. The fraction of sp³-hybridized carbons (Fsp3) is 0.579. The number of benzene rings is 1. The van der Waals surface area contributed by atoms with Crippen molar-refractivity contribution in [1.29, 1.82) is 5.26 Å². The molecule has 0 bridgehead atoms. The van der Waals surface area contributed by atoms with Crippen LogP contribution < -0.4 is 0 Å². The Balaban J connectivity index is 1.83. The van der Waals surface area contributed by atoms with Crippen molar-refractivity contribution in [3.05, 3.63) is 35.4 Å². The van der Waals surface area contributed by atoms with Gasteiger partial charge < -0.3 is 4.90 Å². The Kier molecular flexibility index (Phi) is 7.23. The lowest BCUT2D eigenvalue weighted by Gasteiger charge is -2.25. The second-order valence-electron chi connectivity index (χ2n) is 6.28. The number of nitrogens with zero attached hydrogens (tertiary/aromatic N) is 4. The molecule has 1 amide bonds. The Hall–Kier alpha value is -1.90. The van der Waals surface area contributed by atoms with E-state index in [1.165, 1.54) is 5.56 Å². The van der Waals surface area contributed by atoms with E-state index in [1.807, 2.05) is 43.0 Å². The quantitative estimate of drug-likeness (QED) is 0.801. The van der Waals surface area contributed by atoms with Gasteiger partial charge in [-0.25, -0.2) is 0 Å². The summed E-state index contributed by atoms with van der Waals surface area (Å²) in [5, 5.41) is 8.87. The van der Waals surface area contributed by atoms with Crippen LogP contribution in [0.25, 0.3) is 0 Å². The molecular weight excluding hydrogens is 300 g/mol. The Morgan fingerprint density at radius 1 is 1.08 bits per heavy atom. The van der Waals surface area contributed by atoms with Crippen LogP contribution in [0.2, 0.25) is 0 Å². The molecule has 0 saturated carbocycles. The predicted octanol–water partition coefficient (Wildman–Crippen LogP) is 1.93. The van der Waals surface area contributed by atoms with Crippen molar-refractivity contribution >= 4 is 5.91 Å². The van der Waals surface area contributed by atoms with Gasteiger partial charge in [-0.05, 0) is 51.1 Å². The average molecular weight is 328 g/mol. The van der Waals surface area contributed by atoms with Gasteiger partial charge in [-0.2, -0.15) is 5.26 Å². The molecule has 1 saturated heterocycles. The number of rotatable bonds is 6. The first-order valence-electron chi connectivity index (χ1n) is 8.87. The van der Waals surface area contributed by atoms with Gasteiger partial charge in [0.2, 0.25) is 5.91 Å². The highest BCUT2D eigenvalue weighted by atomic mass is 16.2. The Labute approximate surface area is 145 Å². The van der Waals surface area contributed by atoms with Gasteiger partial charge in [-0.1, -0.05) is 12.1 Å². The molecule has 0 atom stereocenters. The van der Waals surface area contributed by atoms with E-state index in [9.17, 15) is 4.79 Å². The van der Waals surface area contributed by atoms with Crippen LogP contribution in [0.3, 0.4) is 0 Å². The standard InChI is InChI=1S/C19H28N4O/c1-3-23(4-2)19(24)16-22-11-5-10-21(12-13-22)15-18-8-6-17(14-20)7-9-18/h6-9H,3-5,10-13,15-16H2,1-2H3. The minimum absolute atomic E-state index is 0.237. The predicted molar refractivity (Wildman–Crippen MR) is 95.4 cm³/mol. The van der Waals surface area contributed by atoms with Gasteiger partial charge in [-0.15, -0.1) is 0 Å². The SMILES string of the molecule is CCN(CC)C(=O)CN1CCCN(Cc2ccc(C#N)cc2)CC1. The topological polar surface area (TPSA) is 50.6 Å². The molecule has 1 aromatic carbocycles. The minimum Gasteiger partial charge on any atom is -0.342 e. The van der Waals surface area contributed by atoms with Crippen molar-refractivity contribution in [2.75, 3.05) is 45.8 Å². The maximum Gasteiger partial charge on any atom is 0.236 e. The van der Waals surface area contributed by atoms with E-state index >= 15 is 0 Å². The van der Waals surface area contributed by atoms with Gasteiger partial charge >= 0.3 is 0 Å².